The van der Waals surface area contributed by atoms with Crippen LogP contribution in [0.4, 0.5) is 10.5 Å². The highest BCUT2D eigenvalue weighted by Gasteiger charge is 2.44. The van der Waals surface area contributed by atoms with Crippen molar-refractivity contribution < 1.29 is 9.53 Å². The molecule has 1 aliphatic rings. The minimum absolute atomic E-state index is 0.344. The van der Waals surface area contributed by atoms with Crippen molar-refractivity contribution in [1.82, 2.24) is 0 Å². The van der Waals surface area contributed by atoms with E-state index >= 15 is 0 Å². The maximum Gasteiger partial charge on any atom is 0.419 e. The second kappa shape index (κ2) is 3.91. The number of rotatable bonds is 2. The zero-order valence-corrected chi connectivity index (χ0v) is 10.5. The first-order valence-corrected chi connectivity index (χ1v) is 5.77. The summed E-state index contributed by atoms with van der Waals surface area (Å²) in [6, 6.07) is 7.75. The van der Waals surface area contributed by atoms with Crippen LogP contribution in [0.15, 0.2) is 36.5 Å². The number of aryl methyl sites for hydroxylation is 1. The van der Waals surface area contributed by atoms with E-state index in [1.54, 1.807) is 4.90 Å². The number of hydrogen-bond donors (Lipinski definition) is 0. The van der Waals surface area contributed by atoms with Crippen LogP contribution >= 0.6 is 0 Å². The van der Waals surface area contributed by atoms with Crippen molar-refractivity contribution in [2.24, 2.45) is 0 Å². The van der Waals surface area contributed by atoms with Gasteiger partial charge in [0.2, 0.25) is 0 Å². The zero-order valence-electron chi connectivity index (χ0n) is 10.5. The third kappa shape index (κ3) is 1.82. The van der Waals surface area contributed by atoms with E-state index in [2.05, 4.69) is 6.58 Å². The van der Waals surface area contributed by atoms with Gasteiger partial charge in [-0.15, -0.1) is 0 Å². The average Bonchev–Trinajstić information content (AvgIpc) is 2.53. The van der Waals surface area contributed by atoms with Gasteiger partial charge in [0.05, 0.1) is 11.4 Å². The highest BCUT2D eigenvalue weighted by molar-refractivity contribution is 5.94. The monoisotopic (exact) mass is 231 g/mol. The topological polar surface area (TPSA) is 29.5 Å². The standard InChI is InChI=1S/C14H17NO2/c1-5-14(4)11(3)15(13(16)17-14)12-8-6-10(2)7-9-12/h6-9H,3,5H2,1-2,4H3/t14-/m0/s1. The molecule has 1 amide bonds. The van der Waals surface area contributed by atoms with E-state index in [9.17, 15) is 4.79 Å². The molecule has 0 aromatic heterocycles. The third-order valence-corrected chi connectivity index (χ3v) is 3.34. The molecule has 1 aromatic rings. The van der Waals surface area contributed by atoms with Crippen molar-refractivity contribution in [1.29, 1.82) is 0 Å². The lowest BCUT2D eigenvalue weighted by Crippen LogP contribution is -2.27. The normalized spacial score (nSPS) is 24.1. The van der Waals surface area contributed by atoms with Gasteiger partial charge in [0.15, 0.2) is 5.60 Å². The van der Waals surface area contributed by atoms with E-state index in [4.69, 9.17) is 4.74 Å². The van der Waals surface area contributed by atoms with Gasteiger partial charge in [-0.3, -0.25) is 0 Å². The number of hydrogen-bond acceptors (Lipinski definition) is 2. The van der Waals surface area contributed by atoms with Crippen molar-refractivity contribution in [3.63, 3.8) is 0 Å². The van der Waals surface area contributed by atoms with E-state index in [1.807, 2.05) is 45.0 Å². The average molecular weight is 231 g/mol. The maximum absolute atomic E-state index is 11.9. The summed E-state index contributed by atoms with van der Waals surface area (Å²) in [5.74, 6) is 0. The first kappa shape index (κ1) is 11.7. The highest BCUT2D eigenvalue weighted by atomic mass is 16.6. The highest BCUT2D eigenvalue weighted by Crippen LogP contribution is 2.37. The Balaban J connectivity index is 2.37. The molecule has 1 atom stereocenters. The lowest BCUT2D eigenvalue weighted by Gasteiger charge is -2.22. The van der Waals surface area contributed by atoms with Gasteiger partial charge in [-0.05, 0) is 32.4 Å². The molecule has 0 unspecified atom stereocenters. The predicted octanol–water partition coefficient (Wildman–Crippen LogP) is 3.63. The largest absolute Gasteiger partial charge is 0.436 e. The van der Waals surface area contributed by atoms with Gasteiger partial charge in [-0.2, -0.15) is 0 Å². The second-order valence-electron chi connectivity index (χ2n) is 4.57. The smallest absolute Gasteiger partial charge is 0.419 e. The van der Waals surface area contributed by atoms with Crippen molar-refractivity contribution >= 4 is 11.8 Å². The van der Waals surface area contributed by atoms with Crippen LogP contribution in [0.25, 0.3) is 0 Å². The van der Waals surface area contributed by atoms with Gasteiger partial charge in [0, 0.05) is 0 Å². The molecule has 1 aromatic carbocycles. The van der Waals surface area contributed by atoms with Crippen LogP contribution in [-0.2, 0) is 4.74 Å². The van der Waals surface area contributed by atoms with Gasteiger partial charge < -0.3 is 4.74 Å². The quantitative estimate of drug-likeness (QED) is 0.777. The minimum Gasteiger partial charge on any atom is -0.436 e. The fraction of sp³-hybridized carbons (Fsp3) is 0.357. The summed E-state index contributed by atoms with van der Waals surface area (Å²) in [5.41, 5.74) is 2.09. The first-order chi connectivity index (χ1) is 7.98. The molecule has 90 valence electrons. The molecule has 1 fully saturated rings. The molecular weight excluding hydrogens is 214 g/mol. The van der Waals surface area contributed by atoms with Crippen LogP contribution in [0.1, 0.15) is 25.8 Å². The lowest BCUT2D eigenvalue weighted by atomic mass is 10.00. The summed E-state index contributed by atoms with van der Waals surface area (Å²) in [6.07, 6.45) is 0.378. The van der Waals surface area contributed by atoms with Crippen LogP contribution in [-0.4, -0.2) is 11.7 Å². The second-order valence-corrected chi connectivity index (χ2v) is 4.57. The third-order valence-electron chi connectivity index (χ3n) is 3.34. The fourth-order valence-electron chi connectivity index (χ4n) is 1.88. The molecule has 1 heterocycles. The molecule has 0 spiro atoms. The van der Waals surface area contributed by atoms with E-state index in [0.29, 0.717) is 5.70 Å². The molecule has 2 rings (SSSR count). The van der Waals surface area contributed by atoms with E-state index in [-0.39, 0.29) is 6.09 Å². The molecule has 0 bridgehead atoms. The van der Waals surface area contributed by atoms with Crippen LogP contribution in [0.3, 0.4) is 0 Å². The number of benzene rings is 1. The summed E-state index contributed by atoms with van der Waals surface area (Å²) >= 11 is 0. The van der Waals surface area contributed by atoms with Crippen molar-refractivity contribution in [2.75, 3.05) is 4.90 Å². The Bertz CT molecular complexity index is 464. The molecule has 0 saturated carbocycles. The van der Waals surface area contributed by atoms with Crippen LogP contribution in [0, 0.1) is 6.92 Å². The molecular formula is C14H17NO2. The SMILES string of the molecule is C=C1N(c2ccc(C)cc2)C(=O)O[C@@]1(C)CC. The van der Waals surface area contributed by atoms with Crippen molar-refractivity contribution in [3.8, 4) is 0 Å². The van der Waals surface area contributed by atoms with Gasteiger partial charge in [0.25, 0.3) is 0 Å². The van der Waals surface area contributed by atoms with E-state index in [0.717, 1.165) is 17.7 Å². The lowest BCUT2D eigenvalue weighted by molar-refractivity contribution is 0.0823. The summed E-state index contributed by atoms with van der Waals surface area (Å²) in [6.45, 7) is 9.87. The van der Waals surface area contributed by atoms with Gasteiger partial charge in [-0.1, -0.05) is 31.2 Å². The number of amides is 1. The summed E-state index contributed by atoms with van der Waals surface area (Å²) in [5, 5.41) is 0. The van der Waals surface area contributed by atoms with E-state index < -0.39 is 5.60 Å². The molecule has 1 aliphatic heterocycles. The summed E-state index contributed by atoms with van der Waals surface area (Å²) in [7, 11) is 0. The maximum atomic E-state index is 11.9. The number of anilines is 1. The number of cyclic esters (lactones) is 1. The van der Waals surface area contributed by atoms with Gasteiger partial charge >= 0.3 is 6.09 Å². The Kier molecular flexibility index (Phi) is 2.69. The van der Waals surface area contributed by atoms with E-state index in [1.165, 1.54) is 0 Å². The number of carbonyl (C=O) groups excluding carboxylic acids is 1. The molecule has 1 saturated heterocycles. The first-order valence-electron chi connectivity index (χ1n) is 5.77. The number of nitrogens with zero attached hydrogens (tertiary/aromatic N) is 1. The Morgan fingerprint density at radius 3 is 2.41 bits per heavy atom. The van der Waals surface area contributed by atoms with Crippen LogP contribution in [0.5, 0.6) is 0 Å². The van der Waals surface area contributed by atoms with Crippen molar-refractivity contribution in [3.05, 3.63) is 42.1 Å². The predicted molar refractivity (Wildman–Crippen MR) is 68.0 cm³/mol. The molecule has 17 heavy (non-hydrogen) atoms. The Labute approximate surface area is 102 Å². The fourth-order valence-corrected chi connectivity index (χ4v) is 1.88. The summed E-state index contributed by atoms with van der Waals surface area (Å²) in [4.78, 5) is 13.4. The summed E-state index contributed by atoms with van der Waals surface area (Å²) < 4.78 is 5.39. The minimum atomic E-state index is -0.581. The molecule has 0 aliphatic carbocycles. The Hall–Kier alpha value is -1.77. The van der Waals surface area contributed by atoms with Gasteiger partial charge in [0.1, 0.15) is 0 Å². The van der Waals surface area contributed by atoms with Crippen molar-refractivity contribution in [2.45, 2.75) is 32.8 Å². The Morgan fingerprint density at radius 1 is 1.35 bits per heavy atom. The zero-order chi connectivity index (χ0) is 12.6. The van der Waals surface area contributed by atoms with Crippen LogP contribution < -0.4 is 4.90 Å². The molecule has 0 radical (unpaired) electrons. The van der Waals surface area contributed by atoms with Crippen LogP contribution in [0.2, 0.25) is 0 Å². The molecule has 0 N–H and O–H groups in total. The molecule has 3 nitrogen and oxygen atoms in total. The Morgan fingerprint density at radius 2 is 1.94 bits per heavy atom. The number of carbonyl (C=O) groups is 1. The molecule has 3 heteroatoms. The van der Waals surface area contributed by atoms with Gasteiger partial charge in [-0.25, -0.2) is 9.69 Å². The number of ether oxygens (including phenoxy) is 1.